The zero-order chi connectivity index (χ0) is 17.4. The first-order valence-electron chi connectivity index (χ1n) is 8.99. The number of amides is 1. The Morgan fingerprint density at radius 2 is 2.04 bits per heavy atom. The molecule has 2 aromatic carbocycles. The molecule has 0 spiro atoms. The summed E-state index contributed by atoms with van der Waals surface area (Å²) in [6, 6.07) is 14.2. The van der Waals surface area contributed by atoms with Gasteiger partial charge in [-0.15, -0.1) is 0 Å². The number of aryl methyl sites for hydroxylation is 2. The highest BCUT2D eigenvalue weighted by Gasteiger charge is 2.35. The highest BCUT2D eigenvalue weighted by molar-refractivity contribution is 6.01. The molecule has 0 aromatic heterocycles. The molecule has 0 radical (unpaired) electrons. The van der Waals surface area contributed by atoms with Crippen LogP contribution < -0.4 is 5.32 Å². The van der Waals surface area contributed by atoms with Crippen molar-refractivity contribution in [2.75, 3.05) is 18.5 Å². The number of hydrogen-bond acceptors (Lipinski definition) is 3. The molecule has 0 bridgehead atoms. The maximum Gasteiger partial charge on any atom is 0.257 e. The first-order chi connectivity index (χ1) is 12.1. The monoisotopic (exact) mass is 336 g/mol. The average molecular weight is 336 g/mol. The number of benzene rings is 2. The molecule has 2 aliphatic rings. The molecule has 1 N–H and O–H groups in total. The Balaban J connectivity index is 1.75. The summed E-state index contributed by atoms with van der Waals surface area (Å²) in [5.74, 6) is 0.0794. The third-order valence-corrected chi connectivity index (χ3v) is 5.18. The normalized spacial score (nSPS) is 22.6. The molecule has 130 valence electrons. The SMILES string of the molecule is Cc1ccc(C)c([C@@H]2Nc3ccccc3C(=O)N2C[C@H]2CCCO2)c1. The van der Waals surface area contributed by atoms with Gasteiger partial charge in [-0.1, -0.05) is 35.9 Å². The van der Waals surface area contributed by atoms with Gasteiger partial charge in [-0.2, -0.15) is 0 Å². The molecule has 0 saturated carbocycles. The second kappa shape index (κ2) is 6.52. The van der Waals surface area contributed by atoms with Crippen LogP contribution in [0.25, 0.3) is 0 Å². The predicted octanol–water partition coefficient (Wildman–Crippen LogP) is 4.05. The number of carbonyl (C=O) groups excluding carboxylic acids is 1. The van der Waals surface area contributed by atoms with Crippen molar-refractivity contribution < 1.29 is 9.53 Å². The first kappa shape index (κ1) is 16.2. The number of hydrogen-bond donors (Lipinski definition) is 1. The minimum atomic E-state index is -0.161. The Kier molecular flexibility index (Phi) is 4.22. The van der Waals surface area contributed by atoms with Gasteiger partial charge in [-0.05, 0) is 49.9 Å². The second-order valence-corrected chi connectivity index (χ2v) is 7.05. The van der Waals surface area contributed by atoms with Gasteiger partial charge in [0.15, 0.2) is 0 Å². The maximum atomic E-state index is 13.2. The molecule has 2 heterocycles. The van der Waals surface area contributed by atoms with Crippen LogP contribution in [0.15, 0.2) is 42.5 Å². The van der Waals surface area contributed by atoms with Crippen LogP contribution >= 0.6 is 0 Å². The highest BCUT2D eigenvalue weighted by Crippen LogP contribution is 2.35. The van der Waals surface area contributed by atoms with Crippen LogP contribution in [0.3, 0.4) is 0 Å². The van der Waals surface area contributed by atoms with Crippen molar-refractivity contribution >= 4 is 11.6 Å². The van der Waals surface area contributed by atoms with Gasteiger partial charge >= 0.3 is 0 Å². The molecule has 4 heteroatoms. The van der Waals surface area contributed by atoms with Gasteiger partial charge in [0.1, 0.15) is 6.17 Å². The van der Waals surface area contributed by atoms with E-state index in [0.717, 1.165) is 36.3 Å². The zero-order valence-corrected chi connectivity index (χ0v) is 14.8. The van der Waals surface area contributed by atoms with Crippen LogP contribution in [-0.4, -0.2) is 30.1 Å². The summed E-state index contributed by atoms with van der Waals surface area (Å²) in [5.41, 5.74) is 5.18. The summed E-state index contributed by atoms with van der Waals surface area (Å²) >= 11 is 0. The van der Waals surface area contributed by atoms with Gasteiger partial charge < -0.3 is 15.0 Å². The van der Waals surface area contributed by atoms with Crippen molar-refractivity contribution in [1.29, 1.82) is 0 Å². The summed E-state index contributed by atoms with van der Waals surface area (Å²) in [5, 5.41) is 3.59. The lowest BCUT2D eigenvalue weighted by molar-refractivity contribution is 0.0426. The van der Waals surface area contributed by atoms with Gasteiger partial charge in [0.05, 0.1) is 11.7 Å². The fourth-order valence-corrected chi connectivity index (χ4v) is 3.79. The second-order valence-electron chi connectivity index (χ2n) is 7.05. The summed E-state index contributed by atoms with van der Waals surface area (Å²) in [4.78, 5) is 15.2. The Labute approximate surface area is 148 Å². The zero-order valence-electron chi connectivity index (χ0n) is 14.8. The van der Waals surface area contributed by atoms with Gasteiger partial charge in [0.2, 0.25) is 0 Å². The fourth-order valence-electron chi connectivity index (χ4n) is 3.79. The van der Waals surface area contributed by atoms with E-state index in [1.165, 1.54) is 11.1 Å². The van der Waals surface area contributed by atoms with Gasteiger partial charge in [0, 0.05) is 18.8 Å². The van der Waals surface area contributed by atoms with E-state index in [0.29, 0.717) is 6.54 Å². The van der Waals surface area contributed by atoms with Crippen molar-refractivity contribution in [3.8, 4) is 0 Å². The highest BCUT2D eigenvalue weighted by atomic mass is 16.5. The third kappa shape index (κ3) is 3.02. The summed E-state index contributed by atoms with van der Waals surface area (Å²) < 4.78 is 5.81. The number of carbonyl (C=O) groups is 1. The maximum absolute atomic E-state index is 13.2. The molecule has 25 heavy (non-hydrogen) atoms. The summed E-state index contributed by atoms with van der Waals surface area (Å²) in [7, 11) is 0. The lowest BCUT2D eigenvalue weighted by Gasteiger charge is -2.40. The molecular weight excluding hydrogens is 312 g/mol. The minimum absolute atomic E-state index is 0.0794. The number of ether oxygens (including phenoxy) is 1. The predicted molar refractivity (Wildman–Crippen MR) is 98.7 cm³/mol. The van der Waals surface area contributed by atoms with Gasteiger partial charge in [-0.3, -0.25) is 4.79 Å². The van der Waals surface area contributed by atoms with Crippen LogP contribution in [-0.2, 0) is 4.74 Å². The number of nitrogens with zero attached hydrogens (tertiary/aromatic N) is 1. The van der Waals surface area contributed by atoms with Crippen molar-refractivity contribution in [3.63, 3.8) is 0 Å². The fraction of sp³-hybridized carbons (Fsp3) is 0.381. The molecule has 1 amide bonds. The van der Waals surface area contributed by atoms with Gasteiger partial charge in [-0.25, -0.2) is 0 Å². The third-order valence-electron chi connectivity index (χ3n) is 5.18. The molecule has 2 atom stereocenters. The van der Waals surface area contributed by atoms with Crippen molar-refractivity contribution in [1.82, 2.24) is 4.90 Å². The Morgan fingerprint density at radius 3 is 2.84 bits per heavy atom. The van der Waals surface area contributed by atoms with E-state index in [9.17, 15) is 4.79 Å². The van der Waals surface area contributed by atoms with Crippen LogP contribution in [0, 0.1) is 13.8 Å². The minimum Gasteiger partial charge on any atom is -0.376 e. The molecule has 1 fully saturated rings. The largest absolute Gasteiger partial charge is 0.376 e. The number of nitrogens with one attached hydrogen (secondary N) is 1. The smallest absolute Gasteiger partial charge is 0.257 e. The summed E-state index contributed by atoms with van der Waals surface area (Å²) in [6.45, 7) is 5.61. The van der Waals surface area contributed by atoms with E-state index >= 15 is 0 Å². The number of fused-ring (bicyclic) bond motifs is 1. The lowest BCUT2D eigenvalue weighted by atomic mass is 9.98. The Bertz CT molecular complexity index is 796. The van der Waals surface area contributed by atoms with Crippen LogP contribution in [0.1, 0.15) is 46.1 Å². The molecule has 4 nitrogen and oxygen atoms in total. The molecule has 1 saturated heterocycles. The van der Waals surface area contributed by atoms with Crippen molar-refractivity contribution in [3.05, 3.63) is 64.7 Å². The quantitative estimate of drug-likeness (QED) is 0.919. The molecule has 0 aliphatic carbocycles. The number of para-hydroxylation sites is 1. The van der Waals surface area contributed by atoms with E-state index in [4.69, 9.17) is 4.74 Å². The van der Waals surface area contributed by atoms with Crippen LogP contribution in [0.4, 0.5) is 5.69 Å². The van der Waals surface area contributed by atoms with E-state index < -0.39 is 0 Å². The topological polar surface area (TPSA) is 41.6 Å². The van der Waals surface area contributed by atoms with E-state index in [2.05, 4.69) is 37.4 Å². The van der Waals surface area contributed by atoms with Crippen LogP contribution in [0.5, 0.6) is 0 Å². The number of rotatable bonds is 3. The molecule has 2 aromatic rings. The van der Waals surface area contributed by atoms with Crippen molar-refractivity contribution in [2.45, 2.75) is 39.0 Å². The Hall–Kier alpha value is -2.33. The van der Waals surface area contributed by atoms with E-state index in [1.807, 2.05) is 29.2 Å². The number of anilines is 1. The van der Waals surface area contributed by atoms with Crippen molar-refractivity contribution in [2.24, 2.45) is 0 Å². The average Bonchev–Trinajstić information content (AvgIpc) is 3.13. The van der Waals surface area contributed by atoms with Crippen LogP contribution in [0.2, 0.25) is 0 Å². The Morgan fingerprint density at radius 1 is 1.20 bits per heavy atom. The summed E-state index contributed by atoms with van der Waals surface area (Å²) in [6.07, 6.45) is 2.06. The lowest BCUT2D eigenvalue weighted by Crippen LogP contribution is -2.46. The standard InChI is InChI=1S/C21H24N2O2/c1-14-9-10-15(2)18(12-14)20-22-19-8-4-3-7-17(19)21(24)23(20)13-16-6-5-11-25-16/h3-4,7-10,12,16,20,22H,5-6,11,13H2,1-2H3/t16-,20-/m1/s1. The molecule has 0 unspecified atom stereocenters. The van der Waals surface area contributed by atoms with Gasteiger partial charge in [0.25, 0.3) is 5.91 Å². The van der Waals surface area contributed by atoms with E-state index in [-0.39, 0.29) is 18.2 Å². The van der Waals surface area contributed by atoms with E-state index in [1.54, 1.807) is 0 Å². The molecular formula is C21H24N2O2. The molecule has 2 aliphatic heterocycles. The molecule has 4 rings (SSSR count). The first-order valence-corrected chi connectivity index (χ1v) is 8.99.